The van der Waals surface area contributed by atoms with Crippen LogP contribution in [0.5, 0.6) is 0 Å². The molecule has 2 aromatic rings. The smallest absolute Gasteiger partial charge is 0.411 e. The van der Waals surface area contributed by atoms with Crippen LogP contribution in [0.15, 0.2) is 48.5 Å². The molecule has 0 heterocycles. The summed E-state index contributed by atoms with van der Waals surface area (Å²) in [6.45, 7) is 4.91. The first-order valence-electron chi connectivity index (χ1n) is 10.3. The van der Waals surface area contributed by atoms with E-state index in [2.05, 4.69) is 0 Å². The number of rotatable bonds is 8. The Balaban J connectivity index is 1.86. The van der Waals surface area contributed by atoms with Gasteiger partial charge in [0.1, 0.15) is 18.7 Å². The molecule has 1 unspecified atom stereocenters. The number of hydrogen-bond acceptors (Lipinski definition) is 4. The molecular formula is C24H27NO6. The zero-order valence-corrected chi connectivity index (χ0v) is 17.8. The summed E-state index contributed by atoms with van der Waals surface area (Å²) >= 11 is 0. The molecule has 7 nitrogen and oxygen atoms in total. The summed E-state index contributed by atoms with van der Waals surface area (Å²) in [5.74, 6) is -2.79. The van der Waals surface area contributed by atoms with E-state index in [-0.39, 0.29) is 24.9 Å². The molecule has 3 rings (SSSR count). The van der Waals surface area contributed by atoms with Crippen molar-refractivity contribution in [2.75, 3.05) is 6.61 Å². The van der Waals surface area contributed by atoms with Gasteiger partial charge in [-0.25, -0.2) is 14.4 Å². The van der Waals surface area contributed by atoms with E-state index in [0.717, 1.165) is 27.2 Å². The first-order valence-corrected chi connectivity index (χ1v) is 10.3. The van der Waals surface area contributed by atoms with E-state index < -0.39 is 30.1 Å². The Kier molecular flexibility index (Phi) is 6.63. The van der Waals surface area contributed by atoms with Gasteiger partial charge in [-0.15, -0.1) is 0 Å². The maximum atomic E-state index is 13.0. The van der Waals surface area contributed by atoms with Crippen LogP contribution in [0.3, 0.4) is 0 Å². The van der Waals surface area contributed by atoms with E-state index in [1.54, 1.807) is 0 Å². The molecule has 2 atom stereocenters. The van der Waals surface area contributed by atoms with E-state index in [1.807, 2.05) is 62.4 Å². The molecule has 1 aliphatic rings. The van der Waals surface area contributed by atoms with Crippen molar-refractivity contribution in [3.63, 3.8) is 0 Å². The van der Waals surface area contributed by atoms with Crippen LogP contribution in [-0.2, 0) is 14.3 Å². The topological polar surface area (TPSA) is 104 Å². The van der Waals surface area contributed by atoms with E-state index >= 15 is 0 Å². The number of aliphatic carboxylic acids is 2. The number of carboxylic acids is 2. The zero-order valence-electron chi connectivity index (χ0n) is 17.8. The van der Waals surface area contributed by atoms with E-state index in [9.17, 15) is 24.6 Å². The van der Waals surface area contributed by atoms with Crippen LogP contribution < -0.4 is 0 Å². The van der Waals surface area contributed by atoms with Gasteiger partial charge in [0, 0.05) is 5.92 Å². The van der Waals surface area contributed by atoms with Crippen LogP contribution >= 0.6 is 0 Å². The Labute approximate surface area is 181 Å². The van der Waals surface area contributed by atoms with E-state index in [1.165, 1.54) is 6.92 Å². The molecule has 2 N–H and O–H groups in total. The summed E-state index contributed by atoms with van der Waals surface area (Å²) in [5, 5.41) is 19.1. The molecule has 0 spiro atoms. The molecule has 0 radical (unpaired) electrons. The minimum Gasteiger partial charge on any atom is -0.480 e. The monoisotopic (exact) mass is 425 g/mol. The van der Waals surface area contributed by atoms with Crippen molar-refractivity contribution in [1.29, 1.82) is 0 Å². The van der Waals surface area contributed by atoms with Gasteiger partial charge >= 0.3 is 18.0 Å². The highest BCUT2D eigenvalue weighted by Crippen LogP contribution is 2.44. The van der Waals surface area contributed by atoms with Crippen molar-refractivity contribution in [3.05, 3.63) is 59.7 Å². The lowest BCUT2D eigenvalue weighted by Gasteiger charge is -2.32. The number of amides is 1. The van der Waals surface area contributed by atoms with Crippen molar-refractivity contribution in [3.8, 4) is 11.1 Å². The molecule has 0 saturated carbocycles. The van der Waals surface area contributed by atoms with E-state index in [4.69, 9.17) is 4.74 Å². The molecule has 2 aromatic carbocycles. The zero-order chi connectivity index (χ0) is 22.7. The molecule has 7 heteroatoms. The third-order valence-electron chi connectivity index (χ3n) is 5.64. The van der Waals surface area contributed by atoms with Crippen molar-refractivity contribution in [2.24, 2.45) is 5.92 Å². The summed E-state index contributed by atoms with van der Waals surface area (Å²) in [6, 6.07) is 13.1. The minimum atomic E-state index is -1.34. The summed E-state index contributed by atoms with van der Waals surface area (Å²) < 4.78 is 5.55. The number of benzene rings is 2. The Hall–Kier alpha value is -3.35. The number of carboxylic acid groups (broad SMARTS) is 2. The second kappa shape index (κ2) is 9.20. The van der Waals surface area contributed by atoms with Gasteiger partial charge in [-0.1, -0.05) is 62.4 Å². The number of carbonyl (C=O) groups is 3. The van der Waals surface area contributed by atoms with Crippen LogP contribution in [0.1, 0.15) is 44.2 Å². The SMILES string of the molecule is CC(C)C[C@@H](C(=O)O)N(C(=O)OCC1c2ccccc2-c2ccccc21)C(C)C(=O)O. The predicted octanol–water partition coefficient (Wildman–Crippen LogP) is 4.21. The van der Waals surface area contributed by atoms with Crippen LogP contribution in [0.4, 0.5) is 4.79 Å². The molecular weight excluding hydrogens is 398 g/mol. The molecule has 1 aliphatic carbocycles. The Morgan fingerprint density at radius 3 is 1.87 bits per heavy atom. The van der Waals surface area contributed by atoms with Crippen molar-refractivity contribution in [1.82, 2.24) is 4.90 Å². The Morgan fingerprint density at radius 2 is 1.42 bits per heavy atom. The quantitative estimate of drug-likeness (QED) is 0.657. The van der Waals surface area contributed by atoms with Gasteiger partial charge in [0.2, 0.25) is 0 Å². The van der Waals surface area contributed by atoms with Gasteiger partial charge in [0.25, 0.3) is 0 Å². The lowest BCUT2D eigenvalue weighted by molar-refractivity contribution is -0.149. The number of carbonyl (C=O) groups excluding carboxylic acids is 1. The molecule has 0 aliphatic heterocycles. The number of ether oxygens (including phenoxy) is 1. The highest BCUT2D eigenvalue weighted by Gasteiger charge is 2.39. The molecule has 0 bridgehead atoms. The third-order valence-corrected chi connectivity index (χ3v) is 5.64. The lowest BCUT2D eigenvalue weighted by atomic mass is 9.98. The second-order valence-electron chi connectivity index (χ2n) is 8.21. The highest BCUT2D eigenvalue weighted by atomic mass is 16.6. The van der Waals surface area contributed by atoms with E-state index in [0.29, 0.717) is 0 Å². The van der Waals surface area contributed by atoms with Gasteiger partial charge in [-0.05, 0) is 41.5 Å². The summed E-state index contributed by atoms with van der Waals surface area (Å²) in [6.07, 6.45) is -0.818. The van der Waals surface area contributed by atoms with Crippen LogP contribution in [0, 0.1) is 5.92 Å². The van der Waals surface area contributed by atoms with Gasteiger partial charge in [0.15, 0.2) is 0 Å². The average molecular weight is 425 g/mol. The third kappa shape index (κ3) is 4.55. The van der Waals surface area contributed by atoms with Crippen molar-refractivity contribution < 1.29 is 29.3 Å². The second-order valence-corrected chi connectivity index (χ2v) is 8.21. The maximum Gasteiger partial charge on any atom is 0.411 e. The van der Waals surface area contributed by atoms with Crippen LogP contribution in [-0.4, -0.2) is 51.8 Å². The average Bonchev–Trinajstić information content (AvgIpc) is 3.05. The molecule has 1 amide bonds. The largest absolute Gasteiger partial charge is 0.480 e. The first-order chi connectivity index (χ1) is 14.7. The van der Waals surface area contributed by atoms with Gasteiger partial charge < -0.3 is 14.9 Å². The number of fused-ring (bicyclic) bond motifs is 3. The fourth-order valence-electron chi connectivity index (χ4n) is 4.12. The van der Waals surface area contributed by atoms with Gasteiger partial charge in [0.05, 0.1) is 0 Å². The molecule has 0 fully saturated rings. The van der Waals surface area contributed by atoms with Gasteiger partial charge in [-0.3, -0.25) is 4.90 Å². The molecule has 31 heavy (non-hydrogen) atoms. The van der Waals surface area contributed by atoms with Gasteiger partial charge in [-0.2, -0.15) is 0 Å². The van der Waals surface area contributed by atoms with Crippen molar-refractivity contribution in [2.45, 2.75) is 45.2 Å². The highest BCUT2D eigenvalue weighted by molar-refractivity contribution is 5.85. The Bertz CT molecular complexity index is 940. The fourth-order valence-corrected chi connectivity index (χ4v) is 4.12. The summed E-state index contributed by atoms with van der Waals surface area (Å²) in [7, 11) is 0. The number of hydrogen-bond donors (Lipinski definition) is 2. The first kappa shape index (κ1) is 22.3. The van der Waals surface area contributed by atoms with Crippen LogP contribution in [0.25, 0.3) is 11.1 Å². The lowest BCUT2D eigenvalue weighted by Crippen LogP contribution is -2.53. The predicted molar refractivity (Wildman–Crippen MR) is 115 cm³/mol. The minimum absolute atomic E-state index is 0.0102. The standard InChI is InChI=1S/C24H27NO6/c1-14(2)12-21(23(28)29)25(15(3)22(26)27)24(30)31-13-20-18-10-6-4-8-16(18)17-9-5-7-11-19(17)20/h4-11,14-15,20-21H,12-13H2,1-3H3,(H,26,27)(H,28,29)/t15?,21-/m0/s1. The molecule has 0 aromatic heterocycles. The molecule has 164 valence electrons. The Morgan fingerprint density at radius 1 is 0.903 bits per heavy atom. The number of nitrogens with zero attached hydrogens (tertiary/aromatic N) is 1. The molecule has 0 saturated heterocycles. The summed E-state index contributed by atoms with van der Waals surface area (Å²) in [5.41, 5.74) is 4.17. The fraction of sp³-hybridized carbons (Fsp3) is 0.375. The van der Waals surface area contributed by atoms with Crippen LogP contribution in [0.2, 0.25) is 0 Å². The van der Waals surface area contributed by atoms with Crippen molar-refractivity contribution >= 4 is 18.0 Å². The normalized spacial score (nSPS) is 14.5. The maximum absolute atomic E-state index is 13.0. The summed E-state index contributed by atoms with van der Waals surface area (Å²) in [4.78, 5) is 37.3.